The van der Waals surface area contributed by atoms with Gasteiger partial charge in [-0.15, -0.1) is 0 Å². The molecule has 1 heterocycles. The zero-order valence-corrected chi connectivity index (χ0v) is 8.92. The van der Waals surface area contributed by atoms with E-state index in [-0.39, 0.29) is 6.61 Å². The summed E-state index contributed by atoms with van der Waals surface area (Å²) in [6.45, 7) is 0.272. The van der Waals surface area contributed by atoms with Crippen molar-refractivity contribution in [3.05, 3.63) is 30.1 Å². The maximum absolute atomic E-state index is 5.62. The Morgan fingerprint density at radius 2 is 2.19 bits per heavy atom. The second kappa shape index (κ2) is 4.09. The zero-order valence-electron chi connectivity index (χ0n) is 8.92. The van der Waals surface area contributed by atoms with E-state index in [9.17, 15) is 0 Å². The van der Waals surface area contributed by atoms with Crippen molar-refractivity contribution in [1.82, 2.24) is 14.8 Å². The largest absolute Gasteiger partial charge is 0.485 e. The average molecular weight is 219 g/mol. The first-order valence-electron chi connectivity index (χ1n) is 4.79. The number of rotatable bonds is 3. The minimum atomic E-state index is 0.272. The number of benzene rings is 1. The number of hydrogen-bond donors (Lipinski definition) is 2. The molecule has 84 valence electrons. The molecule has 0 aliphatic carbocycles. The van der Waals surface area contributed by atoms with Crippen molar-refractivity contribution >= 4 is 11.6 Å². The summed E-state index contributed by atoms with van der Waals surface area (Å²) in [5.74, 6) is 1.60. The topological polar surface area (TPSA) is 92.0 Å². The lowest BCUT2D eigenvalue weighted by Crippen LogP contribution is -1.99. The van der Waals surface area contributed by atoms with Gasteiger partial charge in [0.05, 0.1) is 0 Å². The SMILES string of the molecule is Cn1nc(COc2cccc(N)c2)nc1N. The summed E-state index contributed by atoms with van der Waals surface area (Å²) in [6.07, 6.45) is 0. The number of nitrogens with zero attached hydrogens (tertiary/aromatic N) is 3. The van der Waals surface area contributed by atoms with Crippen LogP contribution in [-0.2, 0) is 13.7 Å². The predicted octanol–water partition coefficient (Wildman–Crippen LogP) is 0.559. The van der Waals surface area contributed by atoms with Crippen LogP contribution in [0.3, 0.4) is 0 Å². The molecule has 0 amide bonds. The average Bonchev–Trinajstić information content (AvgIpc) is 2.56. The third-order valence-corrected chi connectivity index (χ3v) is 2.07. The standard InChI is InChI=1S/C10H13N5O/c1-15-10(12)13-9(14-15)6-16-8-4-2-3-7(11)5-8/h2-5H,6,11H2,1H3,(H2,12,13,14). The second-order valence-electron chi connectivity index (χ2n) is 3.37. The number of nitrogens with two attached hydrogens (primary N) is 2. The number of aromatic nitrogens is 3. The highest BCUT2D eigenvalue weighted by Gasteiger charge is 2.04. The molecule has 0 spiro atoms. The van der Waals surface area contributed by atoms with Gasteiger partial charge in [-0.3, -0.25) is 0 Å². The van der Waals surface area contributed by atoms with E-state index < -0.39 is 0 Å². The van der Waals surface area contributed by atoms with Gasteiger partial charge in [0.25, 0.3) is 0 Å². The third kappa shape index (κ3) is 2.22. The molecule has 6 nitrogen and oxygen atoms in total. The van der Waals surface area contributed by atoms with Gasteiger partial charge in [0.2, 0.25) is 5.95 Å². The van der Waals surface area contributed by atoms with Gasteiger partial charge in [-0.2, -0.15) is 10.1 Å². The lowest BCUT2D eigenvalue weighted by atomic mass is 10.3. The lowest BCUT2D eigenvalue weighted by molar-refractivity contribution is 0.295. The third-order valence-electron chi connectivity index (χ3n) is 2.07. The number of hydrogen-bond acceptors (Lipinski definition) is 5. The molecule has 0 unspecified atom stereocenters. The Labute approximate surface area is 92.8 Å². The van der Waals surface area contributed by atoms with E-state index in [0.717, 1.165) is 0 Å². The monoisotopic (exact) mass is 219 g/mol. The van der Waals surface area contributed by atoms with Crippen LogP contribution in [0.25, 0.3) is 0 Å². The molecule has 0 aliphatic rings. The molecule has 0 aliphatic heterocycles. The maximum Gasteiger partial charge on any atom is 0.218 e. The molecule has 0 saturated carbocycles. The molecule has 4 N–H and O–H groups in total. The lowest BCUT2D eigenvalue weighted by Gasteiger charge is -2.03. The smallest absolute Gasteiger partial charge is 0.218 e. The number of nitrogen functional groups attached to an aromatic ring is 2. The Balaban J connectivity index is 2.02. The summed E-state index contributed by atoms with van der Waals surface area (Å²) in [5, 5.41) is 4.07. The van der Waals surface area contributed by atoms with Crippen molar-refractivity contribution in [1.29, 1.82) is 0 Å². The van der Waals surface area contributed by atoms with Crippen LogP contribution in [0.2, 0.25) is 0 Å². The van der Waals surface area contributed by atoms with E-state index in [1.165, 1.54) is 4.68 Å². The maximum atomic E-state index is 5.62. The van der Waals surface area contributed by atoms with Crippen LogP contribution in [0.1, 0.15) is 5.82 Å². The first-order valence-corrected chi connectivity index (χ1v) is 4.79. The Kier molecular flexibility index (Phi) is 2.63. The molecule has 6 heteroatoms. The minimum absolute atomic E-state index is 0.272. The minimum Gasteiger partial charge on any atom is -0.485 e. The van der Waals surface area contributed by atoms with Crippen molar-refractivity contribution < 1.29 is 4.74 Å². The Morgan fingerprint density at radius 3 is 2.81 bits per heavy atom. The van der Waals surface area contributed by atoms with Gasteiger partial charge in [0.1, 0.15) is 12.4 Å². The van der Waals surface area contributed by atoms with Gasteiger partial charge >= 0.3 is 0 Å². The summed E-state index contributed by atoms with van der Waals surface area (Å²) < 4.78 is 6.97. The quantitative estimate of drug-likeness (QED) is 0.736. The first-order chi connectivity index (χ1) is 7.65. The van der Waals surface area contributed by atoms with Crippen LogP contribution in [0.15, 0.2) is 24.3 Å². The first kappa shape index (κ1) is 10.3. The fourth-order valence-electron chi connectivity index (χ4n) is 1.26. The summed E-state index contributed by atoms with van der Waals surface area (Å²) >= 11 is 0. The van der Waals surface area contributed by atoms with Crippen molar-refractivity contribution in [2.75, 3.05) is 11.5 Å². The predicted molar refractivity (Wildman–Crippen MR) is 60.6 cm³/mol. The van der Waals surface area contributed by atoms with Crippen LogP contribution < -0.4 is 16.2 Å². The summed E-state index contributed by atoms with van der Waals surface area (Å²) in [7, 11) is 1.73. The van der Waals surface area contributed by atoms with E-state index in [0.29, 0.717) is 23.2 Å². The zero-order chi connectivity index (χ0) is 11.5. The van der Waals surface area contributed by atoms with Crippen LogP contribution in [0.4, 0.5) is 11.6 Å². The highest BCUT2D eigenvalue weighted by molar-refractivity contribution is 5.43. The van der Waals surface area contributed by atoms with Gasteiger partial charge in [-0.25, -0.2) is 4.68 Å². The molecular weight excluding hydrogens is 206 g/mol. The second-order valence-corrected chi connectivity index (χ2v) is 3.37. The Morgan fingerprint density at radius 1 is 1.38 bits per heavy atom. The van der Waals surface area contributed by atoms with Gasteiger partial charge in [0.15, 0.2) is 5.82 Å². The molecule has 1 aromatic heterocycles. The van der Waals surface area contributed by atoms with Gasteiger partial charge in [-0.05, 0) is 12.1 Å². The van der Waals surface area contributed by atoms with E-state index in [1.54, 1.807) is 19.2 Å². The van der Waals surface area contributed by atoms with E-state index in [1.807, 2.05) is 12.1 Å². The summed E-state index contributed by atoms with van der Waals surface area (Å²) in [4.78, 5) is 4.02. The van der Waals surface area contributed by atoms with Crippen molar-refractivity contribution in [2.24, 2.45) is 7.05 Å². The molecule has 0 saturated heterocycles. The van der Waals surface area contributed by atoms with Crippen molar-refractivity contribution in [3.8, 4) is 5.75 Å². The Bertz CT molecular complexity index is 474. The molecule has 16 heavy (non-hydrogen) atoms. The van der Waals surface area contributed by atoms with E-state index in [4.69, 9.17) is 16.2 Å². The van der Waals surface area contributed by atoms with Gasteiger partial charge < -0.3 is 16.2 Å². The van der Waals surface area contributed by atoms with Gasteiger partial charge in [0, 0.05) is 18.8 Å². The molecule has 1 aromatic carbocycles. The van der Waals surface area contributed by atoms with Crippen molar-refractivity contribution in [3.63, 3.8) is 0 Å². The number of anilines is 2. The number of aryl methyl sites for hydroxylation is 1. The Hall–Kier alpha value is -2.24. The molecule has 0 bridgehead atoms. The van der Waals surface area contributed by atoms with Crippen LogP contribution in [-0.4, -0.2) is 14.8 Å². The highest BCUT2D eigenvalue weighted by Crippen LogP contribution is 2.15. The van der Waals surface area contributed by atoms with Crippen LogP contribution >= 0.6 is 0 Å². The molecular formula is C10H13N5O. The fourth-order valence-corrected chi connectivity index (χ4v) is 1.26. The molecule has 0 fully saturated rings. The summed E-state index contributed by atoms with van der Waals surface area (Å²) in [5.41, 5.74) is 11.8. The normalized spacial score (nSPS) is 10.3. The fraction of sp³-hybridized carbons (Fsp3) is 0.200. The van der Waals surface area contributed by atoms with Crippen LogP contribution in [0, 0.1) is 0 Å². The molecule has 2 rings (SSSR count). The summed E-state index contributed by atoms with van der Waals surface area (Å²) in [6, 6.07) is 7.18. The molecule has 0 radical (unpaired) electrons. The van der Waals surface area contributed by atoms with E-state index in [2.05, 4.69) is 10.1 Å². The van der Waals surface area contributed by atoms with Gasteiger partial charge in [-0.1, -0.05) is 6.07 Å². The van der Waals surface area contributed by atoms with E-state index >= 15 is 0 Å². The van der Waals surface area contributed by atoms with Crippen molar-refractivity contribution in [2.45, 2.75) is 6.61 Å². The van der Waals surface area contributed by atoms with Crippen LogP contribution in [0.5, 0.6) is 5.75 Å². The molecule has 0 atom stereocenters. The highest BCUT2D eigenvalue weighted by atomic mass is 16.5. The number of ether oxygens (including phenoxy) is 1. The molecule has 2 aromatic rings.